The van der Waals surface area contributed by atoms with Gasteiger partial charge in [-0.15, -0.1) is 5.10 Å². The summed E-state index contributed by atoms with van der Waals surface area (Å²) in [7, 11) is 1.31. The molecule has 1 atom stereocenters. The lowest BCUT2D eigenvalue weighted by Gasteiger charge is -2.33. The quantitative estimate of drug-likeness (QED) is 0.507. The molecule has 4 rings (SSSR count). The molecule has 1 saturated heterocycles. The van der Waals surface area contributed by atoms with Gasteiger partial charge in [0.25, 0.3) is 0 Å². The van der Waals surface area contributed by atoms with Gasteiger partial charge in [0.2, 0.25) is 5.91 Å². The molecule has 0 spiro atoms. The Morgan fingerprint density at radius 2 is 2.06 bits per heavy atom. The number of hydrogen-bond donors (Lipinski definition) is 1. The zero-order valence-electron chi connectivity index (χ0n) is 18.0. The van der Waals surface area contributed by atoms with Crippen molar-refractivity contribution in [3.8, 4) is 0 Å². The highest BCUT2D eigenvalue weighted by atomic mass is 35.5. The molecule has 0 radical (unpaired) electrons. The summed E-state index contributed by atoms with van der Waals surface area (Å²) in [5, 5.41) is 12.0. The van der Waals surface area contributed by atoms with Gasteiger partial charge >= 0.3 is 5.97 Å². The SMILES string of the molecule is COC(=O)c1ccc2nnn(CC(=O)NCC3CN(Cc4ccc(Cl)c(Cl)c4)CCO3)c2c1. The lowest BCUT2D eigenvalue weighted by atomic mass is 10.2. The Bertz CT molecular complexity index is 1170. The van der Waals surface area contributed by atoms with E-state index >= 15 is 0 Å². The first kappa shape index (κ1) is 23.4. The van der Waals surface area contributed by atoms with Crippen LogP contribution in [0.2, 0.25) is 10.0 Å². The second kappa shape index (κ2) is 10.5. The van der Waals surface area contributed by atoms with Crippen LogP contribution < -0.4 is 5.32 Å². The van der Waals surface area contributed by atoms with Crippen LogP contribution in [0.5, 0.6) is 0 Å². The average molecular weight is 492 g/mol. The van der Waals surface area contributed by atoms with E-state index in [9.17, 15) is 9.59 Å². The molecule has 1 aliphatic rings. The van der Waals surface area contributed by atoms with Crippen molar-refractivity contribution >= 4 is 46.1 Å². The lowest BCUT2D eigenvalue weighted by molar-refractivity contribution is -0.123. The third kappa shape index (κ3) is 5.80. The van der Waals surface area contributed by atoms with Crippen molar-refractivity contribution < 1.29 is 19.1 Å². The molecule has 1 aliphatic heterocycles. The predicted octanol–water partition coefficient (Wildman–Crippen LogP) is 2.54. The van der Waals surface area contributed by atoms with Crippen LogP contribution in [-0.2, 0) is 27.4 Å². The summed E-state index contributed by atoms with van der Waals surface area (Å²) in [6.07, 6.45) is -0.135. The Morgan fingerprint density at radius 1 is 1.21 bits per heavy atom. The monoisotopic (exact) mass is 491 g/mol. The number of amides is 1. The van der Waals surface area contributed by atoms with E-state index in [0.717, 1.165) is 18.7 Å². The number of carbonyl (C=O) groups excluding carboxylic acids is 2. The Balaban J connectivity index is 1.31. The van der Waals surface area contributed by atoms with Crippen LogP contribution in [0.3, 0.4) is 0 Å². The van der Waals surface area contributed by atoms with E-state index in [-0.39, 0.29) is 18.6 Å². The standard InChI is InChI=1S/C22H23Cl2N5O4/c1-32-22(31)15-3-5-19-20(9-15)29(27-26-19)13-21(30)25-10-16-12-28(6-7-33-16)11-14-2-4-17(23)18(24)8-14/h2-5,8-9,16H,6-7,10-13H2,1H3,(H,25,30). The number of nitrogens with one attached hydrogen (secondary N) is 1. The van der Waals surface area contributed by atoms with Crippen LogP contribution in [0.25, 0.3) is 11.0 Å². The molecule has 0 aliphatic carbocycles. The molecule has 3 aromatic rings. The number of morpholine rings is 1. The second-order valence-corrected chi connectivity index (χ2v) is 8.54. The number of ether oxygens (including phenoxy) is 2. The molecule has 0 bridgehead atoms. The van der Waals surface area contributed by atoms with Gasteiger partial charge in [-0.2, -0.15) is 0 Å². The minimum Gasteiger partial charge on any atom is -0.465 e. The van der Waals surface area contributed by atoms with Gasteiger partial charge < -0.3 is 14.8 Å². The maximum atomic E-state index is 12.5. The molecule has 11 heteroatoms. The summed E-state index contributed by atoms with van der Waals surface area (Å²) in [5.74, 6) is -0.690. The van der Waals surface area contributed by atoms with Crippen LogP contribution in [0, 0.1) is 0 Å². The molecule has 2 heterocycles. The van der Waals surface area contributed by atoms with E-state index in [2.05, 4.69) is 20.5 Å². The van der Waals surface area contributed by atoms with Gasteiger partial charge in [0.05, 0.1) is 40.9 Å². The van der Waals surface area contributed by atoms with Gasteiger partial charge in [0.15, 0.2) is 0 Å². The zero-order chi connectivity index (χ0) is 23.4. The first-order valence-corrected chi connectivity index (χ1v) is 11.1. The van der Waals surface area contributed by atoms with Gasteiger partial charge in [-0.25, -0.2) is 9.48 Å². The van der Waals surface area contributed by atoms with E-state index in [1.165, 1.54) is 11.8 Å². The number of rotatable bonds is 7. The lowest BCUT2D eigenvalue weighted by Crippen LogP contribution is -2.47. The zero-order valence-corrected chi connectivity index (χ0v) is 19.5. The molecule has 1 aromatic heterocycles. The molecule has 9 nitrogen and oxygen atoms in total. The molecule has 1 unspecified atom stereocenters. The van der Waals surface area contributed by atoms with Crippen LogP contribution in [0.4, 0.5) is 0 Å². The number of benzene rings is 2. The number of fused-ring (bicyclic) bond motifs is 1. The Kier molecular flexibility index (Phi) is 7.44. The number of halogens is 2. The van der Waals surface area contributed by atoms with Crippen molar-refractivity contribution in [3.63, 3.8) is 0 Å². The minimum absolute atomic E-state index is 0.0270. The highest BCUT2D eigenvalue weighted by Crippen LogP contribution is 2.23. The first-order valence-electron chi connectivity index (χ1n) is 10.4. The highest BCUT2D eigenvalue weighted by Gasteiger charge is 2.22. The maximum Gasteiger partial charge on any atom is 0.337 e. The molecule has 1 N–H and O–H groups in total. The van der Waals surface area contributed by atoms with E-state index in [4.69, 9.17) is 32.7 Å². The number of hydrogen-bond acceptors (Lipinski definition) is 7. The Hall–Kier alpha value is -2.72. The van der Waals surface area contributed by atoms with Crippen molar-refractivity contribution in [3.05, 3.63) is 57.6 Å². The molecule has 1 amide bonds. The van der Waals surface area contributed by atoms with Crippen LogP contribution in [0.1, 0.15) is 15.9 Å². The van der Waals surface area contributed by atoms with Crippen molar-refractivity contribution in [2.45, 2.75) is 19.2 Å². The average Bonchev–Trinajstić information content (AvgIpc) is 3.21. The number of methoxy groups -OCH3 is 1. The van der Waals surface area contributed by atoms with Crippen molar-refractivity contribution in [2.75, 3.05) is 33.4 Å². The van der Waals surface area contributed by atoms with Gasteiger partial charge in [-0.3, -0.25) is 9.69 Å². The molecule has 33 heavy (non-hydrogen) atoms. The summed E-state index contributed by atoms with van der Waals surface area (Å²) in [5.41, 5.74) is 2.60. The summed E-state index contributed by atoms with van der Waals surface area (Å²) < 4.78 is 12.0. The van der Waals surface area contributed by atoms with Crippen molar-refractivity contribution in [1.82, 2.24) is 25.2 Å². The number of nitrogens with zero attached hydrogens (tertiary/aromatic N) is 4. The second-order valence-electron chi connectivity index (χ2n) is 7.72. The summed E-state index contributed by atoms with van der Waals surface area (Å²) in [4.78, 5) is 26.6. The first-order chi connectivity index (χ1) is 15.9. The van der Waals surface area contributed by atoms with Gasteiger partial charge in [-0.1, -0.05) is 34.5 Å². The van der Waals surface area contributed by atoms with Gasteiger partial charge in [0, 0.05) is 26.2 Å². The number of carbonyl (C=O) groups is 2. The third-order valence-corrected chi connectivity index (χ3v) is 6.11. The Labute approximate surface area is 200 Å². The smallest absolute Gasteiger partial charge is 0.337 e. The normalized spacial score (nSPS) is 16.6. The fraction of sp³-hybridized carbons (Fsp3) is 0.364. The van der Waals surface area contributed by atoms with E-state index in [0.29, 0.717) is 46.3 Å². The van der Waals surface area contributed by atoms with Gasteiger partial charge in [0.1, 0.15) is 12.1 Å². The topological polar surface area (TPSA) is 98.6 Å². The molecule has 0 saturated carbocycles. The molecule has 1 fully saturated rings. The molecular formula is C22H23Cl2N5O4. The third-order valence-electron chi connectivity index (χ3n) is 5.37. The fourth-order valence-corrected chi connectivity index (χ4v) is 4.01. The van der Waals surface area contributed by atoms with E-state index in [1.54, 1.807) is 24.3 Å². The van der Waals surface area contributed by atoms with E-state index in [1.807, 2.05) is 12.1 Å². The highest BCUT2D eigenvalue weighted by molar-refractivity contribution is 6.42. The largest absolute Gasteiger partial charge is 0.465 e. The summed E-state index contributed by atoms with van der Waals surface area (Å²) in [6, 6.07) is 10.5. The molecule has 174 valence electrons. The predicted molar refractivity (Wildman–Crippen MR) is 123 cm³/mol. The van der Waals surface area contributed by atoms with Crippen molar-refractivity contribution in [1.29, 1.82) is 0 Å². The van der Waals surface area contributed by atoms with Crippen LogP contribution in [-0.4, -0.2) is 71.2 Å². The van der Waals surface area contributed by atoms with Crippen LogP contribution in [0.15, 0.2) is 36.4 Å². The van der Waals surface area contributed by atoms with E-state index < -0.39 is 5.97 Å². The number of aromatic nitrogens is 3. The van der Waals surface area contributed by atoms with Crippen LogP contribution >= 0.6 is 23.2 Å². The van der Waals surface area contributed by atoms with Crippen molar-refractivity contribution in [2.24, 2.45) is 0 Å². The fourth-order valence-electron chi connectivity index (χ4n) is 3.69. The summed E-state index contributed by atoms with van der Waals surface area (Å²) >= 11 is 12.1. The Morgan fingerprint density at radius 3 is 2.85 bits per heavy atom. The summed E-state index contributed by atoms with van der Waals surface area (Å²) in [6.45, 7) is 3.11. The minimum atomic E-state index is -0.464. The van der Waals surface area contributed by atoms with Gasteiger partial charge in [-0.05, 0) is 35.9 Å². The molecular weight excluding hydrogens is 469 g/mol. The molecule has 2 aromatic carbocycles. The number of esters is 1. The maximum absolute atomic E-state index is 12.5.